The van der Waals surface area contributed by atoms with Crippen LogP contribution >= 0.6 is 0 Å². The summed E-state index contributed by atoms with van der Waals surface area (Å²) in [4.78, 5) is 36.2. The number of aromatic amines is 1. The standard InChI is InChI=1S/C11H15N3O7/c12-6(16)1-4-2-14(11(20)13-9(4)19)10-8(18)7(17)5(3-15)21-10/h2,5,7-8,10,15,17-18H,1,3H2,(H2,12,16)(H,13,19,20)/t5-,7?,8+,10-/m1/s1. The van der Waals surface area contributed by atoms with Gasteiger partial charge < -0.3 is 25.8 Å². The van der Waals surface area contributed by atoms with Crippen LogP contribution < -0.4 is 17.0 Å². The van der Waals surface area contributed by atoms with E-state index >= 15 is 0 Å². The van der Waals surface area contributed by atoms with Crippen molar-refractivity contribution in [1.29, 1.82) is 0 Å². The Labute approximate surface area is 117 Å². The highest BCUT2D eigenvalue weighted by molar-refractivity contribution is 5.76. The monoisotopic (exact) mass is 301 g/mol. The van der Waals surface area contributed by atoms with Gasteiger partial charge in [0.1, 0.15) is 18.3 Å². The number of hydrogen-bond acceptors (Lipinski definition) is 7. The van der Waals surface area contributed by atoms with Gasteiger partial charge >= 0.3 is 5.69 Å². The number of carbonyl (C=O) groups is 1. The molecule has 21 heavy (non-hydrogen) atoms. The van der Waals surface area contributed by atoms with Gasteiger partial charge in [-0.25, -0.2) is 4.79 Å². The van der Waals surface area contributed by atoms with Crippen LogP contribution in [-0.4, -0.2) is 55.7 Å². The Hall–Kier alpha value is -2.01. The van der Waals surface area contributed by atoms with Crippen LogP contribution in [0.2, 0.25) is 0 Å². The van der Waals surface area contributed by atoms with Crippen molar-refractivity contribution in [1.82, 2.24) is 9.55 Å². The molecule has 2 rings (SSSR count). The van der Waals surface area contributed by atoms with Crippen molar-refractivity contribution in [2.24, 2.45) is 5.73 Å². The number of H-pyrrole nitrogens is 1. The summed E-state index contributed by atoms with van der Waals surface area (Å²) in [5, 5.41) is 28.5. The van der Waals surface area contributed by atoms with E-state index in [-0.39, 0.29) is 5.56 Å². The molecular formula is C11H15N3O7. The molecule has 4 atom stereocenters. The van der Waals surface area contributed by atoms with Crippen molar-refractivity contribution in [2.45, 2.75) is 31.0 Å². The first-order valence-corrected chi connectivity index (χ1v) is 6.10. The Morgan fingerprint density at radius 3 is 2.57 bits per heavy atom. The van der Waals surface area contributed by atoms with Crippen LogP contribution in [0.25, 0.3) is 0 Å². The first-order chi connectivity index (χ1) is 9.85. The van der Waals surface area contributed by atoms with Crippen LogP contribution in [0.5, 0.6) is 0 Å². The molecule has 1 aliphatic heterocycles. The quantitative estimate of drug-likeness (QED) is 0.379. The number of rotatable bonds is 4. The maximum Gasteiger partial charge on any atom is 0.330 e. The van der Waals surface area contributed by atoms with Gasteiger partial charge in [-0.15, -0.1) is 0 Å². The maximum atomic E-state index is 11.8. The van der Waals surface area contributed by atoms with Gasteiger partial charge in [0.25, 0.3) is 5.56 Å². The van der Waals surface area contributed by atoms with E-state index in [1.54, 1.807) is 0 Å². The van der Waals surface area contributed by atoms with Gasteiger partial charge in [-0.2, -0.15) is 0 Å². The molecule has 0 saturated carbocycles. The number of ether oxygens (including phenoxy) is 1. The Balaban J connectivity index is 2.42. The Bertz CT molecular complexity index is 652. The van der Waals surface area contributed by atoms with Crippen molar-refractivity contribution in [3.63, 3.8) is 0 Å². The first-order valence-electron chi connectivity index (χ1n) is 6.10. The number of amides is 1. The molecule has 10 nitrogen and oxygen atoms in total. The highest BCUT2D eigenvalue weighted by atomic mass is 16.6. The summed E-state index contributed by atoms with van der Waals surface area (Å²) in [6, 6.07) is 0. The SMILES string of the molecule is NC(=O)Cc1cn([C@@H]2O[C@H](CO)C(O)[C@@H]2O)c(=O)[nH]c1=O. The van der Waals surface area contributed by atoms with Crippen molar-refractivity contribution in [3.8, 4) is 0 Å². The van der Waals surface area contributed by atoms with Gasteiger partial charge in [0.15, 0.2) is 6.23 Å². The van der Waals surface area contributed by atoms with Gasteiger partial charge in [0, 0.05) is 11.8 Å². The lowest BCUT2D eigenvalue weighted by Gasteiger charge is -2.17. The zero-order valence-corrected chi connectivity index (χ0v) is 10.8. The van der Waals surface area contributed by atoms with Crippen LogP contribution in [0.1, 0.15) is 11.8 Å². The molecule has 1 amide bonds. The first kappa shape index (κ1) is 15.4. The summed E-state index contributed by atoms with van der Waals surface area (Å²) >= 11 is 0. The molecule has 1 saturated heterocycles. The average molecular weight is 301 g/mol. The minimum atomic E-state index is -1.48. The minimum Gasteiger partial charge on any atom is -0.394 e. The summed E-state index contributed by atoms with van der Waals surface area (Å²) in [5.41, 5.74) is 3.25. The number of hydrogen-bond donors (Lipinski definition) is 5. The molecule has 0 aliphatic carbocycles. The molecule has 2 heterocycles. The molecule has 1 aliphatic rings. The third-order valence-electron chi connectivity index (χ3n) is 3.20. The maximum absolute atomic E-state index is 11.8. The second kappa shape index (κ2) is 5.77. The number of nitrogens with zero attached hydrogens (tertiary/aromatic N) is 1. The third kappa shape index (κ3) is 2.88. The summed E-state index contributed by atoms with van der Waals surface area (Å²) < 4.78 is 6.01. The van der Waals surface area contributed by atoms with Gasteiger partial charge in [-0.05, 0) is 0 Å². The molecule has 1 aromatic heterocycles. The second-order valence-electron chi connectivity index (χ2n) is 4.69. The van der Waals surface area contributed by atoms with Gasteiger partial charge in [0.05, 0.1) is 13.0 Å². The molecular weight excluding hydrogens is 286 g/mol. The Morgan fingerprint density at radius 2 is 2.05 bits per heavy atom. The van der Waals surface area contributed by atoms with Crippen LogP contribution in [0.4, 0.5) is 0 Å². The lowest BCUT2D eigenvalue weighted by atomic mass is 10.1. The minimum absolute atomic E-state index is 0.0835. The molecule has 1 unspecified atom stereocenters. The number of aliphatic hydroxyl groups is 3. The van der Waals surface area contributed by atoms with Crippen molar-refractivity contribution in [3.05, 3.63) is 32.6 Å². The van der Waals surface area contributed by atoms with Crippen molar-refractivity contribution >= 4 is 5.91 Å². The fourth-order valence-electron chi connectivity index (χ4n) is 2.14. The van der Waals surface area contributed by atoms with Crippen LogP contribution in [0.3, 0.4) is 0 Å². The predicted molar refractivity (Wildman–Crippen MR) is 67.2 cm³/mol. The summed E-state index contributed by atoms with van der Waals surface area (Å²) in [7, 11) is 0. The molecule has 0 aromatic carbocycles. The largest absolute Gasteiger partial charge is 0.394 e. The van der Waals surface area contributed by atoms with E-state index in [0.717, 1.165) is 10.8 Å². The van der Waals surface area contributed by atoms with Crippen molar-refractivity contribution in [2.75, 3.05) is 6.61 Å². The lowest BCUT2D eigenvalue weighted by Crippen LogP contribution is -2.39. The zero-order valence-electron chi connectivity index (χ0n) is 10.8. The number of nitrogens with one attached hydrogen (secondary N) is 1. The Kier molecular flexibility index (Phi) is 4.23. The van der Waals surface area contributed by atoms with Gasteiger partial charge in [-0.3, -0.25) is 19.1 Å². The second-order valence-corrected chi connectivity index (χ2v) is 4.69. The summed E-state index contributed by atoms with van der Waals surface area (Å²) in [6.07, 6.45) is -4.60. The smallest absolute Gasteiger partial charge is 0.330 e. The lowest BCUT2D eigenvalue weighted by molar-refractivity contribution is -0.117. The summed E-state index contributed by atoms with van der Waals surface area (Å²) in [5.74, 6) is -0.771. The highest BCUT2D eigenvalue weighted by Gasteiger charge is 2.43. The number of aromatic nitrogens is 2. The van der Waals surface area contributed by atoms with Gasteiger partial charge in [0.2, 0.25) is 5.91 Å². The molecule has 0 radical (unpaired) electrons. The van der Waals surface area contributed by atoms with Crippen LogP contribution in [-0.2, 0) is 16.0 Å². The number of nitrogens with two attached hydrogens (primary N) is 1. The molecule has 10 heteroatoms. The predicted octanol–water partition coefficient (Wildman–Crippen LogP) is -3.82. The van der Waals surface area contributed by atoms with E-state index in [2.05, 4.69) is 0 Å². The molecule has 0 spiro atoms. The number of carbonyl (C=O) groups excluding carboxylic acids is 1. The Morgan fingerprint density at radius 1 is 1.38 bits per heavy atom. The fourth-order valence-corrected chi connectivity index (χ4v) is 2.14. The van der Waals surface area contributed by atoms with Crippen molar-refractivity contribution < 1.29 is 24.9 Å². The molecule has 1 aromatic rings. The number of aliphatic hydroxyl groups excluding tert-OH is 3. The molecule has 0 bridgehead atoms. The van der Waals surface area contributed by atoms with E-state index in [0.29, 0.717) is 0 Å². The fraction of sp³-hybridized carbons (Fsp3) is 0.545. The summed E-state index contributed by atoms with van der Waals surface area (Å²) in [6.45, 7) is -0.555. The molecule has 1 fully saturated rings. The molecule has 116 valence electrons. The normalized spacial score (nSPS) is 28.7. The van der Waals surface area contributed by atoms with Crippen LogP contribution in [0.15, 0.2) is 15.8 Å². The molecule has 6 N–H and O–H groups in total. The highest BCUT2D eigenvalue weighted by Crippen LogP contribution is 2.27. The number of primary amides is 1. The third-order valence-corrected chi connectivity index (χ3v) is 3.20. The van der Waals surface area contributed by atoms with E-state index in [4.69, 9.17) is 15.6 Å². The zero-order chi connectivity index (χ0) is 15.7. The van der Waals surface area contributed by atoms with Gasteiger partial charge in [-0.1, -0.05) is 0 Å². The van der Waals surface area contributed by atoms with E-state index in [9.17, 15) is 24.6 Å². The van der Waals surface area contributed by atoms with E-state index < -0.39 is 54.7 Å². The van der Waals surface area contributed by atoms with E-state index in [1.807, 2.05) is 4.98 Å². The topological polar surface area (TPSA) is 168 Å². The van der Waals surface area contributed by atoms with E-state index in [1.165, 1.54) is 0 Å². The average Bonchev–Trinajstić information content (AvgIpc) is 2.69. The van der Waals surface area contributed by atoms with Crippen LogP contribution in [0, 0.1) is 0 Å².